The Morgan fingerprint density at radius 3 is 1.22 bits per heavy atom. The molecule has 1 heterocycles. The van der Waals surface area contributed by atoms with Crippen LogP contribution in [0.2, 0.25) is 0 Å². The summed E-state index contributed by atoms with van der Waals surface area (Å²) in [5, 5.41) is 8.56. The summed E-state index contributed by atoms with van der Waals surface area (Å²) in [5.41, 5.74) is 9.23. The lowest BCUT2D eigenvalue weighted by atomic mass is 9.85. The van der Waals surface area contributed by atoms with Crippen LogP contribution in [-0.4, -0.2) is 0 Å². The van der Waals surface area contributed by atoms with Crippen molar-refractivity contribution in [1.82, 2.24) is 0 Å². The van der Waals surface area contributed by atoms with Gasteiger partial charge in [-0.05, 0) is 72.3 Å². The first-order chi connectivity index (χ1) is 22.3. The van der Waals surface area contributed by atoms with Crippen molar-refractivity contribution in [2.45, 2.75) is 0 Å². The number of fused-ring (bicyclic) bond motifs is 4. The first kappa shape index (κ1) is 25.6. The van der Waals surface area contributed by atoms with Crippen molar-refractivity contribution in [1.29, 1.82) is 0 Å². The van der Waals surface area contributed by atoms with Crippen LogP contribution in [0.1, 0.15) is 0 Å². The lowest BCUT2D eigenvalue weighted by molar-refractivity contribution is 0.633. The average Bonchev–Trinajstić information content (AvgIpc) is 3.48. The number of rotatable bonds is 4. The molecule has 1 heteroatoms. The molecule has 0 aliphatic heterocycles. The molecule has 45 heavy (non-hydrogen) atoms. The molecule has 8 aromatic carbocycles. The number of hydrogen-bond donors (Lipinski definition) is 0. The Hall–Kier alpha value is -5.92. The van der Waals surface area contributed by atoms with E-state index >= 15 is 0 Å². The van der Waals surface area contributed by atoms with Crippen molar-refractivity contribution >= 4 is 43.3 Å². The van der Waals surface area contributed by atoms with E-state index in [4.69, 9.17) is 4.42 Å². The van der Waals surface area contributed by atoms with E-state index in [0.29, 0.717) is 0 Å². The topological polar surface area (TPSA) is 13.1 Å². The second-order valence-corrected chi connectivity index (χ2v) is 11.7. The Bertz CT molecular complexity index is 2450. The Kier molecular flexibility index (Phi) is 5.89. The van der Waals surface area contributed by atoms with Gasteiger partial charge in [-0.2, -0.15) is 0 Å². The van der Waals surface area contributed by atoms with Crippen LogP contribution in [0, 0.1) is 0 Å². The van der Waals surface area contributed by atoms with Crippen LogP contribution in [0.4, 0.5) is 0 Å². The molecule has 0 bridgehead atoms. The number of furan rings is 1. The van der Waals surface area contributed by atoms with Gasteiger partial charge in [-0.25, -0.2) is 0 Å². The van der Waals surface area contributed by atoms with E-state index in [1.54, 1.807) is 0 Å². The Morgan fingerprint density at radius 2 is 0.689 bits per heavy atom. The summed E-state index contributed by atoms with van der Waals surface area (Å²) in [5.74, 6) is 0.900. The SMILES string of the molecule is c1ccc(-c2oc3cc4ccccc4cc3c2-c2ccc(-c3c4ccccc4c(-c4ccccc4)c4ccccc34)cc2)cc1. The molecule has 0 spiro atoms. The molecule has 0 aliphatic rings. The first-order valence-electron chi connectivity index (χ1n) is 15.4. The minimum Gasteiger partial charge on any atom is -0.455 e. The van der Waals surface area contributed by atoms with Gasteiger partial charge < -0.3 is 4.42 Å². The van der Waals surface area contributed by atoms with Crippen LogP contribution < -0.4 is 0 Å². The Morgan fingerprint density at radius 1 is 0.289 bits per heavy atom. The lowest BCUT2D eigenvalue weighted by Gasteiger charge is -2.18. The predicted molar refractivity (Wildman–Crippen MR) is 190 cm³/mol. The van der Waals surface area contributed by atoms with Crippen molar-refractivity contribution in [2.24, 2.45) is 0 Å². The van der Waals surface area contributed by atoms with Crippen LogP contribution >= 0.6 is 0 Å². The van der Waals surface area contributed by atoms with Gasteiger partial charge in [0.15, 0.2) is 0 Å². The molecule has 0 fully saturated rings. The summed E-state index contributed by atoms with van der Waals surface area (Å²) >= 11 is 0. The van der Waals surface area contributed by atoms with Gasteiger partial charge in [0.25, 0.3) is 0 Å². The first-order valence-corrected chi connectivity index (χ1v) is 15.4. The summed E-state index contributed by atoms with van der Waals surface area (Å²) in [6.45, 7) is 0. The standard InChI is InChI=1S/C44H28O/c1-3-13-29(14-4-1)41-35-19-9-11-21-37(35)42(38-22-12-10-20-36(38)41)30-23-25-31(26-24-30)43-39-27-33-17-7-8-18-34(33)28-40(39)45-44(43)32-15-5-2-6-16-32/h1-28H. The molecule has 9 rings (SSSR count). The van der Waals surface area contributed by atoms with E-state index in [9.17, 15) is 0 Å². The molecular formula is C44H28O. The van der Waals surface area contributed by atoms with Gasteiger partial charge >= 0.3 is 0 Å². The maximum atomic E-state index is 6.63. The van der Waals surface area contributed by atoms with Gasteiger partial charge in [0, 0.05) is 16.5 Å². The van der Waals surface area contributed by atoms with Gasteiger partial charge in [-0.15, -0.1) is 0 Å². The molecule has 0 saturated heterocycles. The van der Waals surface area contributed by atoms with E-state index in [-0.39, 0.29) is 0 Å². The zero-order valence-electron chi connectivity index (χ0n) is 24.6. The Balaban J connectivity index is 1.27. The quantitative estimate of drug-likeness (QED) is 0.191. The highest BCUT2D eigenvalue weighted by atomic mass is 16.3. The van der Waals surface area contributed by atoms with E-state index in [2.05, 4.69) is 164 Å². The highest BCUT2D eigenvalue weighted by Crippen LogP contribution is 2.46. The van der Waals surface area contributed by atoms with Crippen molar-refractivity contribution in [3.05, 3.63) is 170 Å². The minimum absolute atomic E-state index is 0.900. The Labute approximate surface area is 261 Å². The summed E-state index contributed by atoms with van der Waals surface area (Å²) in [6, 6.07) is 60.8. The third-order valence-electron chi connectivity index (χ3n) is 9.05. The van der Waals surface area contributed by atoms with Gasteiger partial charge in [0.1, 0.15) is 11.3 Å². The third-order valence-corrected chi connectivity index (χ3v) is 9.05. The molecule has 210 valence electrons. The van der Waals surface area contributed by atoms with Crippen molar-refractivity contribution < 1.29 is 4.42 Å². The van der Waals surface area contributed by atoms with Gasteiger partial charge in [0.2, 0.25) is 0 Å². The molecule has 1 aromatic heterocycles. The maximum Gasteiger partial charge on any atom is 0.143 e. The monoisotopic (exact) mass is 572 g/mol. The van der Waals surface area contributed by atoms with Crippen molar-refractivity contribution in [3.63, 3.8) is 0 Å². The van der Waals surface area contributed by atoms with Crippen LogP contribution in [0.15, 0.2) is 174 Å². The van der Waals surface area contributed by atoms with Gasteiger partial charge in [-0.3, -0.25) is 0 Å². The fourth-order valence-electron chi connectivity index (χ4n) is 7.02. The fraction of sp³-hybridized carbons (Fsp3) is 0. The zero-order valence-corrected chi connectivity index (χ0v) is 24.6. The number of hydrogen-bond acceptors (Lipinski definition) is 1. The van der Waals surface area contributed by atoms with E-state index in [0.717, 1.165) is 33.4 Å². The summed E-state index contributed by atoms with van der Waals surface area (Å²) in [4.78, 5) is 0. The van der Waals surface area contributed by atoms with Crippen LogP contribution in [-0.2, 0) is 0 Å². The van der Waals surface area contributed by atoms with E-state index < -0.39 is 0 Å². The molecule has 0 amide bonds. The largest absolute Gasteiger partial charge is 0.455 e. The third kappa shape index (κ3) is 4.17. The minimum atomic E-state index is 0.900. The summed E-state index contributed by atoms with van der Waals surface area (Å²) in [7, 11) is 0. The van der Waals surface area contributed by atoms with Crippen molar-refractivity contribution in [2.75, 3.05) is 0 Å². The summed E-state index contributed by atoms with van der Waals surface area (Å²) in [6.07, 6.45) is 0. The summed E-state index contributed by atoms with van der Waals surface area (Å²) < 4.78 is 6.63. The molecule has 0 saturated carbocycles. The highest BCUT2D eigenvalue weighted by Gasteiger charge is 2.20. The lowest BCUT2D eigenvalue weighted by Crippen LogP contribution is -1.90. The second-order valence-electron chi connectivity index (χ2n) is 11.7. The molecule has 0 N–H and O–H groups in total. The predicted octanol–water partition coefficient (Wildman–Crippen LogP) is 12.6. The molecule has 9 aromatic rings. The van der Waals surface area contributed by atoms with E-state index in [1.165, 1.54) is 54.6 Å². The molecule has 0 atom stereocenters. The van der Waals surface area contributed by atoms with Gasteiger partial charge in [-0.1, -0.05) is 158 Å². The molecule has 1 nitrogen and oxygen atoms in total. The van der Waals surface area contributed by atoms with Crippen LogP contribution in [0.3, 0.4) is 0 Å². The zero-order chi connectivity index (χ0) is 29.7. The average molecular weight is 573 g/mol. The molecule has 0 radical (unpaired) electrons. The highest BCUT2D eigenvalue weighted by molar-refractivity contribution is 6.21. The molecular weight excluding hydrogens is 544 g/mol. The van der Waals surface area contributed by atoms with Gasteiger partial charge in [0.05, 0.1) is 0 Å². The normalized spacial score (nSPS) is 11.6. The maximum absolute atomic E-state index is 6.63. The smallest absolute Gasteiger partial charge is 0.143 e. The molecule has 0 unspecified atom stereocenters. The van der Waals surface area contributed by atoms with Crippen LogP contribution in [0.25, 0.3) is 88.0 Å². The molecule has 0 aliphatic carbocycles. The van der Waals surface area contributed by atoms with Crippen LogP contribution in [0.5, 0.6) is 0 Å². The number of benzene rings is 8. The van der Waals surface area contributed by atoms with E-state index in [1.807, 2.05) is 6.07 Å². The fourth-order valence-corrected chi connectivity index (χ4v) is 7.02. The van der Waals surface area contributed by atoms with Crippen molar-refractivity contribution in [3.8, 4) is 44.7 Å². The second kappa shape index (κ2) is 10.4.